The molecular formula is C15H19ClN2O. The van der Waals surface area contributed by atoms with Crippen LogP contribution in [0.1, 0.15) is 26.3 Å². The molecule has 3 nitrogen and oxygen atoms in total. The van der Waals surface area contributed by atoms with Gasteiger partial charge in [0.25, 0.3) is 0 Å². The smallest absolute Gasteiger partial charge is 0.112 e. The average Bonchev–Trinajstić information content (AvgIpc) is 2.81. The summed E-state index contributed by atoms with van der Waals surface area (Å²) in [4.78, 5) is 4.03. The Balaban J connectivity index is 2.43. The maximum absolute atomic E-state index is 11.2. The van der Waals surface area contributed by atoms with Crippen LogP contribution in [0.15, 0.2) is 43.0 Å². The molecular weight excluding hydrogens is 260 g/mol. The molecule has 1 aromatic heterocycles. The minimum Gasteiger partial charge on any atom is -0.383 e. The summed E-state index contributed by atoms with van der Waals surface area (Å²) in [5.41, 5.74) is -0.443. The molecule has 1 heterocycles. The highest BCUT2D eigenvalue weighted by atomic mass is 35.5. The van der Waals surface area contributed by atoms with Crippen LogP contribution in [0, 0.1) is 5.41 Å². The van der Waals surface area contributed by atoms with Crippen molar-refractivity contribution in [1.82, 2.24) is 9.55 Å². The third-order valence-corrected chi connectivity index (χ3v) is 3.79. The fourth-order valence-electron chi connectivity index (χ4n) is 2.13. The fraction of sp³-hybridized carbons (Fsp3) is 0.400. The molecule has 19 heavy (non-hydrogen) atoms. The van der Waals surface area contributed by atoms with E-state index in [0.29, 0.717) is 11.6 Å². The normalized spacial score (nSPS) is 15.2. The zero-order valence-electron chi connectivity index (χ0n) is 11.5. The third kappa shape index (κ3) is 2.82. The summed E-state index contributed by atoms with van der Waals surface area (Å²) in [5.74, 6) is 0. The van der Waals surface area contributed by atoms with E-state index in [1.54, 1.807) is 12.5 Å². The summed E-state index contributed by atoms with van der Waals surface area (Å²) in [6.45, 7) is 6.54. The van der Waals surface area contributed by atoms with E-state index in [1.165, 1.54) is 0 Å². The van der Waals surface area contributed by atoms with E-state index in [0.717, 1.165) is 5.56 Å². The number of hydrogen-bond donors (Lipinski definition) is 1. The van der Waals surface area contributed by atoms with Crippen molar-refractivity contribution in [3.05, 3.63) is 53.6 Å². The zero-order chi connectivity index (χ0) is 14.1. The van der Waals surface area contributed by atoms with Crippen molar-refractivity contribution in [2.45, 2.75) is 32.9 Å². The topological polar surface area (TPSA) is 38.0 Å². The first-order chi connectivity index (χ1) is 8.83. The lowest BCUT2D eigenvalue weighted by molar-refractivity contribution is -0.0781. The lowest BCUT2D eigenvalue weighted by Gasteiger charge is -2.41. The van der Waals surface area contributed by atoms with E-state index in [1.807, 2.05) is 55.8 Å². The fourth-order valence-corrected chi connectivity index (χ4v) is 2.26. The molecule has 1 atom stereocenters. The van der Waals surface area contributed by atoms with E-state index in [4.69, 9.17) is 11.6 Å². The van der Waals surface area contributed by atoms with Crippen molar-refractivity contribution >= 4 is 11.6 Å². The van der Waals surface area contributed by atoms with Crippen molar-refractivity contribution in [2.75, 3.05) is 0 Å². The van der Waals surface area contributed by atoms with Crippen LogP contribution in [0.5, 0.6) is 0 Å². The van der Waals surface area contributed by atoms with Gasteiger partial charge in [0.05, 0.1) is 12.9 Å². The van der Waals surface area contributed by atoms with Crippen LogP contribution in [-0.2, 0) is 12.1 Å². The van der Waals surface area contributed by atoms with Gasteiger partial charge < -0.3 is 9.67 Å². The van der Waals surface area contributed by atoms with Gasteiger partial charge in [-0.1, -0.05) is 44.5 Å². The molecule has 2 rings (SSSR count). The van der Waals surface area contributed by atoms with Gasteiger partial charge in [0, 0.05) is 17.4 Å². The van der Waals surface area contributed by atoms with E-state index >= 15 is 0 Å². The summed E-state index contributed by atoms with van der Waals surface area (Å²) < 4.78 is 1.89. The Morgan fingerprint density at radius 3 is 2.32 bits per heavy atom. The van der Waals surface area contributed by atoms with Crippen LogP contribution >= 0.6 is 11.6 Å². The third-order valence-electron chi connectivity index (χ3n) is 3.53. The molecule has 0 spiro atoms. The second-order valence-corrected chi connectivity index (χ2v) is 6.29. The number of benzene rings is 1. The minimum atomic E-state index is -0.988. The van der Waals surface area contributed by atoms with Crippen molar-refractivity contribution in [1.29, 1.82) is 0 Å². The van der Waals surface area contributed by atoms with Gasteiger partial charge >= 0.3 is 0 Å². The molecule has 1 aromatic carbocycles. The van der Waals surface area contributed by atoms with Gasteiger partial charge in [-0.05, 0) is 23.1 Å². The number of nitrogens with zero attached hydrogens (tertiary/aromatic N) is 2. The summed E-state index contributed by atoms with van der Waals surface area (Å²) in [6, 6.07) is 7.37. The van der Waals surface area contributed by atoms with Gasteiger partial charge in [0.1, 0.15) is 5.60 Å². The largest absolute Gasteiger partial charge is 0.383 e. The molecule has 1 unspecified atom stereocenters. The highest BCUT2D eigenvalue weighted by molar-refractivity contribution is 6.30. The molecule has 0 amide bonds. The van der Waals surface area contributed by atoms with Crippen LogP contribution < -0.4 is 0 Å². The Labute approximate surface area is 118 Å². The summed E-state index contributed by atoms with van der Waals surface area (Å²) >= 11 is 5.92. The van der Waals surface area contributed by atoms with Crippen LogP contribution in [0.25, 0.3) is 0 Å². The maximum Gasteiger partial charge on any atom is 0.112 e. The summed E-state index contributed by atoms with van der Waals surface area (Å²) in [7, 11) is 0. The van der Waals surface area contributed by atoms with Gasteiger partial charge in [-0.15, -0.1) is 0 Å². The standard InChI is InChI=1S/C15H19ClN2O/c1-14(2,3)15(19,10-18-9-8-17-11-18)12-4-6-13(16)7-5-12/h4-9,11,19H,10H2,1-3H3. The molecule has 0 radical (unpaired) electrons. The Kier molecular flexibility index (Phi) is 3.70. The second-order valence-electron chi connectivity index (χ2n) is 5.85. The molecule has 2 aromatic rings. The maximum atomic E-state index is 11.2. The summed E-state index contributed by atoms with van der Waals surface area (Å²) in [5, 5.41) is 11.9. The first-order valence-corrected chi connectivity index (χ1v) is 6.65. The van der Waals surface area contributed by atoms with Gasteiger partial charge in [0.2, 0.25) is 0 Å². The van der Waals surface area contributed by atoms with E-state index in [-0.39, 0.29) is 5.41 Å². The Morgan fingerprint density at radius 1 is 1.21 bits per heavy atom. The first kappa shape index (κ1) is 14.1. The molecule has 4 heteroatoms. The van der Waals surface area contributed by atoms with Crippen LogP contribution in [0.3, 0.4) is 0 Å². The minimum absolute atomic E-state index is 0.314. The molecule has 1 N–H and O–H groups in total. The number of hydrogen-bond acceptors (Lipinski definition) is 2. The summed E-state index contributed by atoms with van der Waals surface area (Å²) in [6.07, 6.45) is 5.28. The van der Waals surface area contributed by atoms with E-state index in [9.17, 15) is 5.11 Å². The monoisotopic (exact) mass is 278 g/mol. The lowest BCUT2D eigenvalue weighted by atomic mass is 9.72. The molecule has 0 saturated carbocycles. The highest BCUT2D eigenvalue weighted by Gasteiger charge is 2.41. The number of imidazole rings is 1. The Morgan fingerprint density at radius 2 is 1.84 bits per heavy atom. The van der Waals surface area contributed by atoms with Crippen molar-refractivity contribution in [3.63, 3.8) is 0 Å². The van der Waals surface area contributed by atoms with Crippen LogP contribution in [0.2, 0.25) is 5.02 Å². The Bertz CT molecular complexity index is 528. The van der Waals surface area contributed by atoms with Gasteiger partial charge in [-0.25, -0.2) is 4.98 Å². The Hall–Kier alpha value is -1.32. The van der Waals surface area contributed by atoms with Crippen LogP contribution in [-0.4, -0.2) is 14.7 Å². The molecule has 0 aliphatic heterocycles. The molecule has 0 aliphatic rings. The number of aliphatic hydroxyl groups is 1. The first-order valence-electron chi connectivity index (χ1n) is 6.27. The van der Waals surface area contributed by atoms with Crippen molar-refractivity contribution in [2.24, 2.45) is 5.41 Å². The van der Waals surface area contributed by atoms with Crippen molar-refractivity contribution in [3.8, 4) is 0 Å². The molecule has 0 saturated heterocycles. The van der Waals surface area contributed by atoms with Gasteiger partial charge in [-0.2, -0.15) is 0 Å². The molecule has 0 aliphatic carbocycles. The quantitative estimate of drug-likeness (QED) is 0.934. The average molecular weight is 279 g/mol. The van der Waals surface area contributed by atoms with Gasteiger partial charge in [0.15, 0.2) is 0 Å². The molecule has 0 bridgehead atoms. The highest BCUT2D eigenvalue weighted by Crippen LogP contribution is 2.40. The van der Waals surface area contributed by atoms with Gasteiger partial charge in [-0.3, -0.25) is 0 Å². The lowest BCUT2D eigenvalue weighted by Crippen LogP contribution is -2.43. The number of halogens is 1. The SMILES string of the molecule is CC(C)(C)C(O)(Cn1ccnc1)c1ccc(Cl)cc1. The molecule has 102 valence electrons. The zero-order valence-corrected chi connectivity index (χ0v) is 12.2. The van der Waals surface area contributed by atoms with E-state index in [2.05, 4.69) is 4.98 Å². The predicted molar refractivity (Wildman–Crippen MR) is 77.0 cm³/mol. The predicted octanol–water partition coefficient (Wildman–Crippen LogP) is 3.47. The number of rotatable bonds is 3. The van der Waals surface area contributed by atoms with Crippen molar-refractivity contribution < 1.29 is 5.11 Å². The number of aromatic nitrogens is 2. The van der Waals surface area contributed by atoms with E-state index < -0.39 is 5.60 Å². The second kappa shape index (κ2) is 4.99. The molecule has 0 fully saturated rings. The van der Waals surface area contributed by atoms with Crippen LogP contribution in [0.4, 0.5) is 0 Å².